The zero-order valence-corrected chi connectivity index (χ0v) is 13.4. The topological polar surface area (TPSA) is 57.8 Å². The van der Waals surface area contributed by atoms with Gasteiger partial charge in [-0.3, -0.25) is 9.89 Å². The highest BCUT2D eigenvalue weighted by Gasteiger charge is 2.33. The van der Waals surface area contributed by atoms with Gasteiger partial charge in [0.05, 0.1) is 14.6 Å². The van der Waals surface area contributed by atoms with Crippen molar-refractivity contribution < 1.29 is 4.79 Å². The number of carbonyl (C=O) groups excluding carboxylic acids is 1. The summed E-state index contributed by atoms with van der Waals surface area (Å²) in [6.07, 6.45) is 4.52. The first-order chi connectivity index (χ1) is 10.2. The van der Waals surface area contributed by atoms with Crippen molar-refractivity contribution in [3.8, 4) is 10.6 Å². The second-order valence-corrected chi connectivity index (χ2v) is 8.14. The van der Waals surface area contributed by atoms with E-state index in [1.165, 1.54) is 22.6 Å². The summed E-state index contributed by atoms with van der Waals surface area (Å²) in [5.74, 6) is 2.41. The molecule has 2 aromatic rings. The quantitative estimate of drug-likeness (QED) is 0.848. The lowest BCUT2D eigenvalue weighted by Crippen LogP contribution is -2.33. The van der Waals surface area contributed by atoms with Gasteiger partial charge in [0, 0.05) is 24.4 Å². The maximum Gasteiger partial charge on any atom is 0.253 e. The summed E-state index contributed by atoms with van der Waals surface area (Å²) in [4.78, 5) is 13.5. The first-order valence-electron chi connectivity index (χ1n) is 7.32. The van der Waals surface area contributed by atoms with Crippen LogP contribution < -0.4 is 5.32 Å². The number of aromatic amines is 1. The average molecular weight is 319 g/mol. The molecule has 21 heavy (non-hydrogen) atoms. The normalized spacial score (nSPS) is 21.2. The minimum absolute atomic E-state index is 0.0828. The van der Waals surface area contributed by atoms with E-state index in [-0.39, 0.29) is 5.91 Å². The fourth-order valence-electron chi connectivity index (χ4n) is 2.70. The largest absolute Gasteiger partial charge is 0.351 e. The molecule has 1 aliphatic carbocycles. The third kappa shape index (κ3) is 2.40. The smallest absolute Gasteiger partial charge is 0.253 e. The highest BCUT2D eigenvalue weighted by molar-refractivity contribution is 8.01. The van der Waals surface area contributed by atoms with E-state index in [9.17, 15) is 4.79 Å². The number of thioether (sulfide) groups is 1. The van der Waals surface area contributed by atoms with Crippen molar-refractivity contribution >= 4 is 29.0 Å². The summed E-state index contributed by atoms with van der Waals surface area (Å²) < 4.78 is 1.17. The monoisotopic (exact) mass is 319 g/mol. The summed E-state index contributed by atoms with van der Waals surface area (Å²) in [7, 11) is 0. The van der Waals surface area contributed by atoms with Gasteiger partial charge in [-0.25, -0.2) is 0 Å². The predicted molar refractivity (Wildman–Crippen MR) is 86.1 cm³/mol. The van der Waals surface area contributed by atoms with E-state index in [0.29, 0.717) is 12.5 Å². The molecule has 4 rings (SSSR count). The van der Waals surface area contributed by atoms with E-state index in [1.807, 2.05) is 24.0 Å². The predicted octanol–water partition coefficient (Wildman–Crippen LogP) is 3.49. The Morgan fingerprint density at radius 3 is 3.05 bits per heavy atom. The van der Waals surface area contributed by atoms with Crippen molar-refractivity contribution in [1.82, 2.24) is 15.5 Å². The van der Waals surface area contributed by atoms with Gasteiger partial charge in [0.1, 0.15) is 5.69 Å². The van der Waals surface area contributed by atoms with E-state index in [4.69, 9.17) is 0 Å². The van der Waals surface area contributed by atoms with Crippen molar-refractivity contribution in [1.29, 1.82) is 0 Å². The van der Waals surface area contributed by atoms with Crippen LogP contribution >= 0.6 is 23.1 Å². The van der Waals surface area contributed by atoms with Gasteiger partial charge in [0.25, 0.3) is 5.91 Å². The lowest BCUT2D eigenvalue weighted by molar-refractivity contribution is 0.0939. The Morgan fingerprint density at radius 2 is 2.33 bits per heavy atom. The highest BCUT2D eigenvalue weighted by Crippen LogP contribution is 2.47. The van der Waals surface area contributed by atoms with Gasteiger partial charge in [-0.05, 0) is 30.4 Å². The molecule has 1 amide bonds. The zero-order valence-electron chi connectivity index (χ0n) is 11.8. The second kappa shape index (κ2) is 5.18. The van der Waals surface area contributed by atoms with Crippen molar-refractivity contribution in [3.63, 3.8) is 0 Å². The Bertz CT molecular complexity index is 673. The Labute approximate surface area is 131 Å². The molecule has 0 saturated heterocycles. The SMILES string of the molecule is C[C@H]1CNC(=O)c2c(SCC3CC3)sc(-c3cc[nH]n3)c21. The highest BCUT2D eigenvalue weighted by atomic mass is 32.2. The van der Waals surface area contributed by atoms with Crippen LogP contribution in [-0.4, -0.2) is 28.4 Å². The lowest BCUT2D eigenvalue weighted by Gasteiger charge is -2.21. The van der Waals surface area contributed by atoms with Crippen LogP contribution in [0.5, 0.6) is 0 Å². The zero-order chi connectivity index (χ0) is 14.4. The minimum Gasteiger partial charge on any atom is -0.351 e. The van der Waals surface area contributed by atoms with Crippen molar-refractivity contribution in [2.75, 3.05) is 12.3 Å². The standard InChI is InChI=1S/C15H17N3OS2/c1-8-6-16-14(19)12-11(8)13(10-4-5-17-18-10)21-15(12)20-7-9-2-3-9/h4-5,8-9H,2-3,6-7H2,1H3,(H,16,19)(H,17,18)/t8-/m0/s1. The molecule has 0 bridgehead atoms. The van der Waals surface area contributed by atoms with Crippen LogP contribution in [0, 0.1) is 5.92 Å². The van der Waals surface area contributed by atoms with Crippen LogP contribution in [0.25, 0.3) is 10.6 Å². The average Bonchev–Trinajstić information content (AvgIpc) is 3.01. The Kier molecular flexibility index (Phi) is 3.30. The molecule has 0 aromatic carbocycles. The maximum atomic E-state index is 12.3. The van der Waals surface area contributed by atoms with Crippen molar-refractivity contribution in [2.45, 2.75) is 29.9 Å². The summed E-state index contributed by atoms with van der Waals surface area (Å²) >= 11 is 3.58. The fraction of sp³-hybridized carbons (Fsp3) is 0.467. The number of H-pyrrole nitrogens is 1. The first-order valence-corrected chi connectivity index (χ1v) is 9.12. The van der Waals surface area contributed by atoms with Crippen LogP contribution in [0.3, 0.4) is 0 Å². The number of amides is 1. The van der Waals surface area contributed by atoms with Gasteiger partial charge in [0.2, 0.25) is 0 Å². The molecule has 0 radical (unpaired) electrons. The van der Waals surface area contributed by atoms with E-state index < -0.39 is 0 Å². The number of aromatic nitrogens is 2. The molecule has 1 aliphatic heterocycles. The Morgan fingerprint density at radius 1 is 1.48 bits per heavy atom. The van der Waals surface area contributed by atoms with Gasteiger partial charge in [-0.15, -0.1) is 23.1 Å². The van der Waals surface area contributed by atoms with Gasteiger partial charge in [0.15, 0.2) is 0 Å². The third-order valence-electron chi connectivity index (χ3n) is 4.08. The molecule has 1 atom stereocenters. The number of thiophene rings is 1. The number of nitrogens with zero attached hydrogens (tertiary/aromatic N) is 1. The lowest BCUT2D eigenvalue weighted by atomic mass is 9.93. The molecule has 1 fully saturated rings. The summed E-state index contributed by atoms with van der Waals surface area (Å²) in [6.45, 7) is 2.89. The van der Waals surface area contributed by atoms with Crippen LogP contribution in [0.2, 0.25) is 0 Å². The molecule has 0 spiro atoms. The molecular weight excluding hydrogens is 302 g/mol. The summed E-state index contributed by atoms with van der Waals surface area (Å²) in [5, 5.41) is 10.2. The van der Waals surface area contributed by atoms with Crippen LogP contribution in [0.15, 0.2) is 16.5 Å². The molecule has 6 heteroatoms. The molecule has 3 heterocycles. The van der Waals surface area contributed by atoms with Gasteiger partial charge in [-0.1, -0.05) is 6.92 Å². The van der Waals surface area contributed by atoms with E-state index in [1.54, 1.807) is 11.3 Å². The fourth-order valence-corrected chi connectivity index (χ4v) is 5.58. The van der Waals surface area contributed by atoms with Gasteiger partial charge < -0.3 is 5.32 Å². The molecule has 2 aliphatic rings. The number of nitrogens with one attached hydrogen (secondary N) is 2. The number of hydrogen-bond acceptors (Lipinski definition) is 4. The van der Waals surface area contributed by atoms with Gasteiger partial charge in [-0.2, -0.15) is 5.10 Å². The van der Waals surface area contributed by atoms with Gasteiger partial charge >= 0.3 is 0 Å². The Balaban J connectivity index is 1.79. The van der Waals surface area contributed by atoms with Crippen LogP contribution in [0.4, 0.5) is 0 Å². The number of rotatable bonds is 4. The second-order valence-electron chi connectivity index (χ2n) is 5.83. The molecule has 2 aromatic heterocycles. The van der Waals surface area contributed by atoms with Crippen LogP contribution in [-0.2, 0) is 0 Å². The molecule has 2 N–H and O–H groups in total. The Hall–Kier alpha value is -1.27. The summed E-state index contributed by atoms with van der Waals surface area (Å²) in [6, 6.07) is 1.99. The molecule has 1 saturated carbocycles. The van der Waals surface area contributed by atoms with E-state index in [2.05, 4.69) is 22.4 Å². The summed E-state index contributed by atoms with van der Waals surface area (Å²) in [5.41, 5.74) is 3.05. The maximum absolute atomic E-state index is 12.3. The molecule has 0 unspecified atom stereocenters. The molecule has 110 valence electrons. The van der Waals surface area contributed by atoms with Crippen molar-refractivity contribution in [2.24, 2.45) is 5.92 Å². The molecule has 4 nitrogen and oxygen atoms in total. The number of fused-ring (bicyclic) bond motifs is 1. The minimum atomic E-state index is 0.0828. The third-order valence-corrected chi connectivity index (χ3v) is 6.81. The van der Waals surface area contributed by atoms with Crippen molar-refractivity contribution in [3.05, 3.63) is 23.4 Å². The first kappa shape index (κ1) is 13.4. The number of hydrogen-bond donors (Lipinski definition) is 2. The number of carbonyl (C=O) groups is 1. The van der Waals surface area contributed by atoms with E-state index in [0.717, 1.165) is 27.8 Å². The van der Waals surface area contributed by atoms with E-state index >= 15 is 0 Å². The molecular formula is C15H17N3OS2. The van der Waals surface area contributed by atoms with Crippen LogP contribution in [0.1, 0.15) is 41.6 Å².